The predicted octanol–water partition coefficient (Wildman–Crippen LogP) is 3.68. The monoisotopic (exact) mass is 347 g/mol. The van der Waals surface area contributed by atoms with Gasteiger partial charge in [0.25, 0.3) is 0 Å². The molecule has 9 heteroatoms. The van der Waals surface area contributed by atoms with Crippen LogP contribution in [-0.2, 0) is 10.0 Å². The van der Waals surface area contributed by atoms with E-state index in [2.05, 4.69) is 4.72 Å². The van der Waals surface area contributed by atoms with Crippen LogP contribution in [0.1, 0.15) is 6.92 Å². The maximum absolute atomic E-state index is 12.7. The lowest BCUT2D eigenvalue weighted by molar-refractivity contribution is -0.127. The Morgan fingerprint density at radius 2 is 1.85 bits per heavy atom. The molecule has 0 radical (unpaired) electrons. The molecule has 0 heterocycles. The fourth-order valence-corrected chi connectivity index (χ4v) is 4.97. The minimum Gasteiger partial charge on any atom is -0.283 e. The van der Waals surface area contributed by atoms with Crippen LogP contribution in [0.25, 0.3) is 0 Å². The second-order valence-corrected chi connectivity index (χ2v) is 7.77. The van der Waals surface area contributed by atoms with Crippen molar-refractivity contribution in [2.45, 2.75) is 23.1 Å². The van der Waals surface area contributed by atoms with Crippen molar-refractivity contribution in [3.63, 3.8) is 0 Å². The zero-order valence-corrected chi connectivity index (χ0v) is 12.8. The minimum atomic E-state index is -4.79. The average Bonchev–Trinajstić information content (AvgIpc) is 2.34. The Labute approximate surface area is 124 Å². The van der Waals surface area contributed by atoms with Crippen LogP contribution < -0.4 is 4.72 Å². The lowest BCUT2D eigenvalue weighted by atomic mass is 10.3. The van der Waals surface area contributed by atoms with Crippen LogP contribution in [0, 0.1) is 0 Å². The van der Waals surface area contributed by atoms with E-state index in [-0.39, 0.29) is 11.4 Å². The number of rotatable bonds is 6. The summed E-state index contributed by atoms with van der Waals surface area (Å²) in [7, 11) is -4.26. The summed E-state index contributed by atoms with van der Waals surface area (Å²) >= 11 is 5.92. The Hall–Kier alpha value is -0.600. The molecule has 0 bridgehead atoms. The third-order valence-electron chi connectivity index (χ3n) is 2.22. The molecule has 0 aliphatic carbocycles. The summed E-state index contributed by atoms with van der Waals surface area (Å²) in [6.07, 6.45) is -4.79. The van der Waals surface area contributed by atoms with Crippen molar-refractivity contribution >= 4 is 39.1 Å². The topological polar surface area (TPSA) is 46.2 Å². The van der Waals surface area contributed by atoms with Gasteiger partial charge in [-0.1, -0.05) is 25.1 Å². The van der Waals surface area contributed by atoms with Crippen molar-refractivity contribution in [3.05, 3.63) is 30.3 Å². The number of sulfonamides is 1. The molecule has 1 N–H and O–H groups in total. The molecule has 1 aromatic carbocycles. The highest BCUT2D eigenvalue weighted by atomic mass is 35.5. The van der Waals surface area contributed by atoms with Gasteiger partial charge >= 0.3 is 6.18 Å². The van der Waals surface area contributed by atoms with E-state index in [1.807, 2.05) is 0 Å². The van der Waals surface area contributed by atoms with Gasteiger partial charge in [0.05, 0.1) is 0 Å². The van der Waals surface area contributed by atoms with Gasteiger partial charge in [0.1, 0.15) is 0 Å². The Morgan fingerprint density at radius 3 is 2.30 bits per heavy atom. The molecule has 0 aliphatic heterocycles. The number of anilines is 1. The van der Waals surface area contributed by atoms with Crippen LogP contribution in [-0.4, -0.2) is 30.3 Å². The average molecular weight is 348 g/mol. The molecular weight excluding hydrogens is 335 g/mol. The van der Waals surface area contributed by atoms with Gasteiger partial charge in [0.15, 0.2) is 9.96 Å². The largest absolute Gasteiger partial charge is 0.407 e. The smallest absolute Gasteiger partial charge is 0.283 e. The fourth-order valence-electron chi connectivity index (χ4n) is 1.38. The van der Waals surface area contributed by atoms with Gasteiger partial charge in [-0.25, -0.2) is 8.42 Å². The molecule has 3 nitrogen and oxygen atoms in total. The summed E-state index contributed by atoms with van der Waals surface area (Å²) in [6, 6.07) is 7.70. The van der Waals surface area contributed by atoms with Crippen molar-refractivity contribution in [2.75, 3.05) is 10.5 Å². The highest BCUT2D eigenvalue weighted by Gasteiger charge is 2.49. The van der Waals surface area contributed by atoms with Crippen LogP contribution in [0.15, 0.2) is 30.3 Å². The third kappa shape index (κ3) is 4.75. The number of benzene rings is 1. The molecule has 0 amide bonds. The maximum atomic E-state index is 12.7. The van der Waals surface area contributed by atoms with Gasteiger partial charge in [-0.15, -0.1) is 23.4 Å². The van der Waals surface area contributed by atoms with E-state index >= 15 is 0 Å². The predicted molar refractivity (Wildman–Crippen MR) is 76.6 cm³/mol. The number of thioether (sulfide) groups is 1. The molecule has 2 atom stereocenters. The second kappa shape index (κ2) is 6.91. The van der Waals surface area contributed by atoms with E-state index in [0.717, 1.165) is 0 Å². The third-order valence-corrected chi connectivity index (χ3v) is 6.53. The van der Waals surface area contributed by atoms with Gasteiger partial charge in [0, 0.05) is 5.69 Å². The molecule has 20 heavy (non-hydrogen) atoms. The molecule has 0 fully saturated rings. The standard InChI is InChI=1S/C11H13ClF3NO2S2/c1-2-19-10(9(12)11(13,14)15)20(17,18)16-8-6-4-3-5-7-8/h3-7,9-10,16H,2H2,1H3. The van der Waals surface area contributed by atoms with Crippen molar-refractivity contribution in [2.24, 2.45) is 0 Å². The van der Waals surface area contributed by atoms with E-state index in [4.69, 9.17) is 11.6 Å². The zero-order chi connectivity index (χ0) is 15.4. The van der Waals surface area contributed by atoms with Crippen LogP contribution in [0.3, 0.4) is 0 Å². The molecule has 0 aromatic heterocycles. The summed E-state index contributed by atoms with van der Waals surface area (Å²) in [5.41, 5.74) is 0.195. The van der Waals surface area contributed by atoms with Crippen LogP contribution in [0.5, 0.6) is 0 Å². The molecule has 0 saturated carbocycles. The van der Waals surface area contributed by atoms with Gasteiger partial charge in [-0.3, -0.25) is 4.72 Å². The van der Waals surface area contributed by atoms with E-state index in [1.54, 1.807) is 25.1 Å². The molecule has 2 unspecified atom stereocenters. The maximum Gasteiger partial charge on any atom is 0.407 e. The number of hydrogen-bond acceptors (Lipinski definition) is 3. The van der Waals surface area contributed by atoms with Crippen LogP contribution in [0.2, 0.25) is 0 Å². The SMILES string of the molecule is CCSC(C(Cl)C(F)(F)F)S(=O)(=O)Nc1ccccc1. The number of hydrogen-bond donors (Lipinski definition) is 1. The molecule has 114 valence electrons. The summed E-state index contributed by atoms with van der Waals surface area (Å²) in [5, 5.41) is -2.48. The fraction of sp³-hybridized carbons (Fsp3) is 0.455. The van der Waals surface area contributed by atoms with Gasteiger partial charge in [0.2, 0.25) is 10.0 Å². The van der Waals surface area contributed by atoms with E-state index < -0.39 is 26.2 Å². The van der Waals surface area contributed by atoms with E-state index in [1.165, 1.54) is 12.1 Å². The number of alkyl halides is 4. The number of para-hydroxylation sites is 1. The Balaban J connectivity index is 3.01. The van der Waals surface area contributed by atoms with Gasteiger partial charge in [-0.05, 0) is 17.9 Å². The lowest BCUT2D eigenvalue weighted by Gasteiger charge is -2.24. The Bertz CT molecular complexity index is 522. The first-order chi connectivity index (χ1) is 9.18. The minimum absolute atomic E-state index is 0.194. The van der Waals surface area contributed by atoms with Crippen molar-refractivity contribution < 1.29 is 21.6 Å². The second-order valence-electron chi connectivity index (χ2n) is 3.78. The summed E-state index contributed by atoms with van der Waals surface area (Å²) < 4.78 is 62.4. The van der Waals surface area contributed by atoms with E-state index in [9.17, 15) is 21.6 Å². The summed E-state index contributed by atoms with van der Waals surface area (Å²) in [5.74, 6) is 0.194. The number of nitrogens with one attached hydrogen (secondary N) is 1. The van der Waals surface area contributed by atoms with Crippen molar-refractivity contribution in [1.82, 2.24) is 0 Å². The summed E-state index contributed by atoms with van der Waals surface area (Å²) in [4.78, 5) is 0. The first kappa shape index (κ1) is 17.5. The molecule has 1 rings (SSSR count). The molecule has 0 spiro atoms. The van der Waals surface area contributed by atoms with Crippen LogP contribution in [0.4, 0.5) is 18.9 Å². The highest BCUT2D eigenvalue weighted by molar-refractivity contribution is 8.14. The van der Waals surface area contributed by atoms with Crippen molar-refractivity contribution in [1.29, 1.82) is 0 Å². The zero-order valence-electron chi connectivity index (χ0n) is 10.4. The molecule has 1 aromatic rings. The Kier molecular flexibility index (Phi) is 6.03. The lowest BCUT2D eigenvalue weighted by Crippen LogP contribution is -2.41. The number of halogens is 4. The van der Waals surface area contributed by atoms with Gasteiger partial charge in [-0.2, -0.15) is 13.2 Å². The molecule has 0 aliphatic rings. The van der Waals surface area contributed by atoms with Crippen LogP contribution >= 0.6 is 23.4 Å². The first-order valence-corrected chi connectivity index (χ1v) is 8.60. The van der Waals surface area contributed by atoms with Crippen molar-refractivity contribution in [3.8, 4) is 0 Å². The first-order valence-electron chi connectivity index (χ1n) is 5.57. The highest BCUT2D eigenvalue weighted by Crippen LogP contribution is 2.36. The normalized spacial score (nSPS) is 15.7. The Morgan fingerprint density at radius 1 is 1.30 bits per heavy atom. The molecule has 0 saturated heterocycles. The summed E-state index contributed by atoms with van der Waals surface area (Å²) in [6.45, 7) is 1.57. The van der Waals surface area contributed by atoms with E-state index in [0.29, 0.717) is 11.8 Å². The molecular formula is C11H13ClF3NO2S2. The quantitative estimate of drug-likeness (QED) is 0.798. The van der Waals surface area contributed by atoms with Gasteiger partial charge < -0.3 is 0 Å².